The van der Waals surface area contributed by atoms with Gasteiger partial charge in [0.2, 0.25) is 0 Å². The van der Waals surface area contributed by atoms with E-state index in [-0.39, 0.29) is 6.10 Å². The van der Waals surface area contributed by atoms with Crippen LogP contribution in [0.2, 0.25) is 5.02 Å². The molecule has 2 heterocycles. The molecular formula is C21H22ClN3O. The van der Waals surface area contributed by atoms with Gasteiger partial charge in [-0.05, 0) is 18.6 Å². The minimum Gasteiger partial charge on any atom is -0.367 e. The second-order valence-electron chi connectivity index (χ2n) is 6.72. The van der Waals surface area contributed by atoms with E-state index in [1.807, 2.05) is 24.3 Å². The number of aryl methyl sites for hydroxylation is 1. The monoisotopic (exact) mass is 367 g/mol. The Balaban J connectivity index is 1.37. The van der Waals surface area contributed by atoms with Crippen molar-refractivity contribution < 1.29 is 4.74 Å². The lowest BCUT2D eigenvalue weighted by Crippen LogP contribution is -2.36. The number of nitrogens with zero attached hydrogens (tertiary/aromatic N) is 2. The average molecular weight is 368 g/mol. The van der Waals surface area contributed by atoms with Gasteiger partial charge in [0.25, 0.3) is 0 Å². The van der Waals surface area contributed by atoms with Crippen molar-refractivity contribution in [1.29, 1.82) is 0 Å². The quantitative estimate of drug-likeness (QED) is 0.734. The van der Waals surface area contributed by atoms with E-state index >= 15 is 0 Å². The third-order valence-corrected chi connectivity index (χ3v) is 5.07. The number of nitrogens with one attached hydrogen (secondary N) is 1. The highest BCUT2D eigenvalue weighted by atomic mass is 35.5. The largest absolute Gasteiger partial charge is 0.367 e. The number of ether oxygens (including phenoxy) is 1. The number of benzene rings is 2. The molecule has 0 saturated heterocycles. The van der Waals surface area contributed by atoms with E-state index in [0.717, 1.165) is 47.3 Å². The summed E-state index contributed by atoms with van der Waals surface area (Å²) in [6.07, 6.45) is 2.26. The molecule has 0 radical (unpaired) electrons. The molecule has 5 heteroatoms. The first-order valence-electron chi connectivity index (χ1n) is 8.88. The molecule has 26 heavy (non-hydrogen) atoms. The van der Waals surface area contributed by atoms with Gasteiger partial charge in [0.05, 0.1) is 18.3 Å². The maximum atomic E-state index is 6.20. The van der Waals surface area contributed by atoms with Crippen LogP contribution in [0.4, 0.5) is 0 Å². The second kappa shape index (κ2) is 7.62. The van der Waals surface area contributed by atoms with Gasteiger partial charge in [-0.15, -0.1) is 0 Å². The van der Waals surface area contributed by atoms with Gasteiger partial charge in [-0.1, -0.05) is 59.6 Å². The molecule has 1 aliphatic rings. The summed E-state index contributed by atoms with van der Waals surface area (Å²) in [5.41, 5.74) is 4.51. The zero-order valence-electron chi connectivity index (χ0n) is 14.8. The first-order chi connectivity index (χ1) is 12.7. The second-order valence-corrected chi connectivity index (χ2v) is 7.12. The Kier molecular flexibility index (Phi) is 5.07. The molecular weight excluding hydrogens is 346 g/mol. The van der Waals surface area contributed by atoms with Gasteiger partial charge in [0.1, 0.15) is 12.4 Å². The molecule has 0 bridgehead atoms. The molecule has 4 nitrogen and oxygen atoms in total. The highest BCUT2D eigenvalue weighted by Gasteiger charge is 2.21. The summed E-state index contributed by atoms with van der Waals surface area (Å²) >= 11 is 6.20. The molecule has 0 unspecified atom stereocenters. The summed E-state index contributed by atoms with van der Waals surface area (Å²) in [6.45, 7) is 4.97. The maximum absolute atomic E-state index is 6.20. The summed E-state index contributed by atoms with van der Waals surface area (Å²) in [5.74, 6) is 0.989. The minimum atomic E-state index is 0.130. The first kappa shape index (κ1) is 17.3. The Labute approximate surface area is 158 Å². The Morgan fingerprint density at radius 2 is 2.00 bits per heavy atom. The number of hydrogen-bond donors (Lipinski definition) is 1. The number of aromatic nitrogens is 2. The van der Waals surface area contributed by atoms with Crippen LogP contribution in [0.25, 0.3) is 11.3 Å². The van der Waals surface area contributed by atoms with Crippen molar-refractivity contribution in [2.24, 2.45) is 0 Å². The summed E-state index contributed by atoms with van der Waals surface area (Å²) in [7, 11) is 0. The van der Waals surface area contributed by atoms with Crippen molar-refractivity contribution >= 4 is 11.6 Å². The van der Waals surface area contributed by atoms with Crippen LogP contribution in [0.15, 0.2) is 54.7 Å². The average Bonchev–Trinajstić information content (AvgIpc) is 3.07. The van der Waals surface area contributed by atoms with E-state index in [2.05, 4.69) is 47.3 Å². The zero-order chi connectivity index (χ0) is 17.9. The van der Waals surface area contributed by atoms with Crippen molar-refractivity contribution in [3.8, 4) is 11.3 Å². The molecule has 0 fully saturated rings. The van der Waals surface area contributed by atoms with E-state index in [9.17, 15) is 0 Å². The van der Waals surface area contributed by atoms with E-state index in [4.69, 9.17) is 21.3 Å². The predicted octanol–water partition coefficient (Wildman–Crippen LogP) is 4.20. The number of rotatable bonds is 5. The lowest BCUT2D eigenvalue weighted by Gasteiger charge is -2.24. The van der Waals surface area contributed by atoms with Gasteiger partial charge in [-0.3, -0.25) is 0 Å². The normalized spacial score (nSPS) is 16.5. The molecule has 1 atom stereocenters. The highest BCUT2D eigenvalue weighted by molar-refractivity contribution is 6.31. The molecule has 0 spiro atoms. The van der Waals surface area contributed by atoms with E-state index < -0.39 is 0 Å². The van der Waals surface area contributed by atoms with Crippen molar-refractivity contribution in [3.05, 3.63) is 76.7 Å². The molecule has 134 valence electrons. The van der Waals surface area contributed by atoms with Crippen LogP contribution in [-0.4, -0.2) is 22.2 Å². The van der Waals surface area contributed by atoms with Gasteiger partial charge in [0, 0.05) is 29.9 Å². The Morgan fingerprint density at radius 1 is 1.19 bits per heavy atom. The zero-order valence-corrected chi connectivity index (χ0v) is 15.5. The SMILES string of the molecule is Cc1ccc(-c2cn3c(n2)CO[C@@H](CNCc2ccccc2Cl)C3)cc1. The number of halogens is 1. The standard InChI is InChI=1S/C21H22ClN3O/c1-15-6-8-16(9-7-15)20-13-25-12-18(26-14-21(25)24-20)11-23-10-17-4-2-3-5-19(17)22/h2-9,13,18,23H,10-12,14H2,1H3/t18-/m0/s1. The van der Waals surface area contributed by atoms with E-state index in [0.29, 0.717) is 6.61 Å². The van der Waals surface area contributed by atoms with Gasteiger partial charge >= 0.3 is 0 Å². The van der Waals surface area contributed by atoms with E-state index in [1.165, 1.54) is 5.56 Å². The third-order valence-electron chi connectivity index (χ3n) is 4.70. The van der Waals surface area contributed by atoms with Crippen molar-refractivity contribution in [3.63, 3.8) is 0 Å². The molecule has 3 aromatic rings. The summed E-state index contributed by atoms with van der Waals surface area (Å²) in [5, 5.41) is 4.24. The molecule has 1 aromatic heterocycles. The fourth-order valence-corrected chi connectivity index (χ4v) is 3.39. The van der Waals surface area contributed by atoms with Gasteiger partial charge in [0.15, 0.2) is 0 Å². The minimum absolute atomic E-state index is 0.130. The fourth-order valence-electron chi connectivity index (χ4n) is 3.19. The third kappa shape index (κ3) is 3.83. The molecule has 0 aliphatic carbocycles. The summed E-state index contributed by atoms with van der Waals surface area (Å²) < 4.78 is 8.17. The fraction of sp³-hybridized carbons (Fsp3) is 0.286. The Hall–Kier alpha value is -2.14. The predicted molar refractivity (Wildman–Crippen MR) is 104 cm³/mol. The number of hydrogen-bond acceptors (Lipinski definition) is 3. The molecule has 1 aliphatic heterocycles. The van der Waals surface area contributed by atoms with Gasteiger partial charge in [-0.25, -0.2) is 4.98 Å². The maximum Gasteiger partial charge on any atom is 0.135 e. The van der Waals surface area contributed by atoms with Gasteiger partial charge in [-0.2, -0.15) is 0 Å². The smallest absolute Gasteiger partial charge is 0.135 e. The van der Waals surface area contributed by atoms with Crippen molar-refractivity contribution in [2.45, 2.75) is 32.7 Å². The summed E-state index contributed by atoms with van der Waals surface area (Å²) in [4.78, 5) is 4.72. The van der Waals surface area contributed by atoms with Crippen molar-refractivity contribution in [1.82, 2.24) is 14.9 Å². The molecule has 4 rings (SSSR count). The molecule has 0 saturated carbocycles. The number of imidazole rings is 1. The topological polar surface area (TPSA) is 39.1 Å². The van der Waals surface area contributed by atoms with Crippen LogP contribution in [0.3, 0.4) is 0 Å². The van der Waals surface area contributed by atoms with E-state index in [1.54, 1.807) is 0 Å². The lowest BCUT2D eigenvalue weighted by atomic mass is 10.1. The van der Waals surface area contributed by atoms with Crippen LogP contribution in [0, 0.1) is 6.92 Å². The Morgan fingerprint density at radius 3 is 2.81 bits per heavy atom. The van der Waals surface area contributed by atoms with Crippen LogP contribution < -0.4 is 5.32 Å². The lowest BCUT2D eigenvalue weighted by molar-refractivity contribution is 0.00278. The highest BCUT2D eigenvalue weighted by Crippen LogP contribution is 2.22. The van der Waals surface area contributed by atoms with Crippen LogP contribution >= 0.6 is 11.6 Å². The van der Waals surface area contributed by atoms with Crippen LogP contribution in [0.5, 0.6) is 0 Å². The van der Waals surface area contributed by atoms with Crippen molar-refractivity contribution in [2.75, 3.05) is 6.54 Å². The van der Waals surface area contributed by atoms with Crippen LogP contribution in [-0.2, 0) is 24.4 Å². The number of fused-ring (bicyclic) bond motifs is 1. The van der Waals surface area contributed by atoms with Crippen LogP contribution in [0.1, 0.15) is 17.0 Å². The molecule has 2 aromatic carbocycles. The van der Waals surface area contributed by atoms with Gasteiger partial charge < -0.3 is 14.6 Å². The molecule has 1 N–H and O–H groups in total. The first-order valence-corrected chi connectivity index (χ1v) is 9.25. The Bertz CT molecular complexity index is 889. The summed E-state index contributed by atoms with van der Waals surface area (Å²) in [6, 6.07) is 16.4. The molecule has 0 amide bonds.